The number of nitrogens with one attached hydrogen (secondary N) is 1. The third-order valence-corrected chi connectivity index (χ3v) is 1.81. The summed E-state index contributed by atoms with van der Waals surface area (Å²) >= 11 is 0. The molecule has 1 rings (SSSR count). The zero-order chi connectivity index (χ0) is 9.68. The summed E-state index contributed by atoms with van der Waals surface area (Å²) in [4.78, 5) is 11.2. The number of hydrogen-bond donors (Lipinski definition) is 1. The van der Waals surface area contributed by atoms with Crippen LogP contribution in [0.5, 0.6) is 0 Å². The molecule has 0 saturated heterocycles. The number of hydrogen-bond acceptors (Lipinski definition) is 2. The average molecular weight is 179 g/mol. The Morgan fingerprint density at radius 1 is 1.46 bits per heavy atom. The van der Waals surface area contributed by atoms with Crippen molar-refractivity contribution < 1.29 is 9.53 Å². The Morgan fingerprint density at radius 2 is 2.23 bits per heavy atom. The molecule has 0 aliphatic heterocycles. The molecule has 1 N–H and O–H groups in total. The lowest BCUT2D eigenvalue weighted by Gasteiger charge is -1.98. The lowest BCUT2D eigenvalue weighted by atomic mass is 10.2. The summed E-state index contributed by atoms with van der Waals surface area (Å²) in [6, 6.07) is 0. The van der Waals surface area contributed by atoms with Crippen molar-refractivity contribution in [2.45, 2.75) is 6.42 Å². The molecular formula is C10H13NO2. The summed E-state index contributed by atoms with van der Waals surface area (Å²) in [5.41, 5.74) is 0.672. The molecule has 0 atom stereocenters. The summed E-state index contributed by atoms with van der Waals surface area (Å²) in [7, 11) is 3.23. The maximum atomic E-state index is 11.2. The van der Waals surface area contributed by atoms with Gasteiger partial charge in [0.25, 0.3) is 5.91 Å². The van der Waals surface area contributed by atoms with Crippen molar-refractivity contribution in [3.63, 3.8) is 0 Å². The average Bonchev–Trinajstić information content (AvgIpc) is 2.41. The molecule has 3 nitrogen and oxygen atoms in total. The van der Waals surface area contributed by atoms with E-state index >= 15 is 0 Å². The van der Waals surface area contributed by atoms with Crippen LogP contribution in [0.25, 0.3) is 0 Å². The van der Waals surface area contributed by atoms with Crippen molar-refractivity contribution in [2.24, 2.45) is 0 Å². The van der Waals surface area contributed by atoms with Crippen molar-refractivity contribution in [3.05, 3.63) is 35.6 Å². The van der Waals surface area contributed by atoms with Crippen LogP contribution in [-0.4, -0.2) is 20.1 Å². The van der Waals surface area contributed by atoms with E-state index in [0.717, 1.165) is 12.2 Å². The van der Waals surface area contributed by atoms with Crippen LogP contribution in [0.4, 0.5) is 0 Å². The Bertz CT molecular complexity index is 287. The fourth-order valence-corrected chi connectivity index (χ4v) is 1.07. The van der Waals surface area contributed by atoms with E-state index in [4.69, 9.17) is 4.74 Å². The Balaban J connectivity index is 2.74. The highest BCUT2D eigenvalue weighted by Gasteiger charge is 2.04. The Morgan fingerprint density at radius 3 is 2.85 bits per heavy atom. The summed E-state index contributed by atoms with van der Waals surface area (Å²) < 4.78 is 5.04. The molecule has 1 amide bonds. The van der Waals surface area contributed by atoms with Gasteiger partial charge in [0.05, 0.1) is 7.11 Å². The first kappa shape index (κ1) is 9.58. The summed E-state index contributed by atoms with van der Waals surface area (Å²) in [5, 5.41) is 2.57. The minimum Gasteiger partial charge on any atom is -0.497 e. The molecule has 1 aliphatic carbocycles. The minimum atomic E-state index is -0.0676. The predicted molar refractivity (Wildman–Crippen MR) is 51.0 cm³/mol. The van der Waals surface area contributed by atoms with Crippen LogP contribution in [0.15, 0.2) is 35.6 Å². The largest absolute Gasteiger partial charge is 0.497 e. The van der Waals surface area contributed by atoms with Crippen LogP contribution in [0, 0.1) is 0 Å². The highest BCUT2D eigenvalue weighted by Crippen LogP contribution is 2.10. The van der Waals surface area contributed by atoms with Gasteiger partial charge in [-0.1, -0.05) is 6.08 Å². The molecule has 0 spiro atoms. The Hall–Kier alpha value is -1.51. The maximum Gasteiger partial charge on any atom is 0.250 e. The molecule has 3 heteroatoms. The number of amides is 1. The fourth-order valence-electron chi connectivity index (χ4n) is 1.07. The normalized spacial score (nSPS) is 15.5. The van der Waals surface area contributed by atoms with Crippen molar-refractivity contribution in [1.29, 1.82) is 0 Å². The van der Waals surface area contributed by atoms with Gasteiger partial charge in [-0.3, -0.25) is 4.79 Å². The van der Waals surface area contributed by atoms with Crippen molar-refractivity contribution >= 4 is 5.91 Å². The molecule has 1 aliphatic rings. The number of methoxy groups -OCH3 is 1. The molecule has 0 aromatic rings. The van der Waals surface area contributed by atoms with Gasteiger partial charge >= 0.3 is 0 Å². The van der Waals surface area contributed by atoms with E-state index in [1.165, 1.54) is 0 Å². The van der Waals surface area contributed by atoms with E-state index in [9.17, 15) is 4.79 Å². The summed E-state index contributed by atoms with van der Waals surface area (Å²) in [6.45, 7) is 0. The van der Waals surface area contributed by atoms with Gasteiger partial charge in [0.1, 0.15) is 5.76 Å². The number of carbonyl (C=O) groups is 1. The summed E-state index contributed by atoms with van der Waals surface area (Å²) in [6.07, 6.45) is 8.04. The van der Waals surface area contributed by atoms with Gasteiger partial charge in [-0.25, -0.2) is 0 Å². The van der Waals surface area contributed by atoms with Gasteiger partial charge in [-0.2, -0.15) is 0 Å². The number of likely N-dealkylation sites (N-methyl/N-ethyl adjacent to an activating group) is 1. The van der Waals surface area contributed by atoms with Crippen LogP contribution in [0.1, 0.15) is 6.42 Å². The SMILES string of the molecule is CNC(=O)C1=CCC=C(OC)C=C1. The number of allylic oxidation sites excluding steroid dienone is 3. The lowest BCUT2D eigenvalue weighted by Crippen LogP contribution is -2.18. The van der Waals surface area contributed by atoms with Crippen molar-refractivity contribution in [2.75, 3.05) is 14.2 Å². The van der Waals surface area contributed by atoms with Gasteiger partial charge in [-0.05, 0) is 24.6 Å². The molecule has 0 unspecified atom stereocenters. The number of rotatable bonds is 2. The lowest BCUT2D eigenvalue weighted by molar-refractivity contribution is -0.116. The predicted octanol–water partition coefficient (Wildman–Crippen LogP) is 1.15. The van der Waals surface area contributed by atoms with Gasteiger partial charge in [0.15, 0.2) is 0 Å². The Labute approximate surface area is 77.8 Å². The molecular weight excluding hydrogens is 166 g/mol. The number of ether oxygens (including phenoxy) is 1. The molecule has 0 saturated carbocycles. The van der Waals surface area contributed by atoms with Crippen LogP contribution in [0.3, 0.4) is 0 Å². The number of carbonyl (C=O) groups excluding carboxylic acids is 1. The van der Waals surface area contributed by atoms with Crippen molar-refractivity contribution in [3.8, 4) is 0 Å². The second-order valence-corrected chi connectivity index (χ2v) is 2.62. The quantitative estimate of drug-likeness (QED) is 0.690. The first-order valence-corrected chi connectivity index (χ1v) is 4.12. The topological polar surface area (TPSA) is 38.3 Å². The third-order valence-electron chi connectivity index (χ3n) is 1.81. The van der Waals surface area contributed by atoms with E-state index in [1.807, 2.05) is 12.2 Å². The second-order valence-electron chi connectivity index (χ2n) is 2.62. The van der Waals surface area contributed by atoms with Crippen LogP contribution >= 0.6 is 0 Å². The highest BCUT2D eigenvalue weighted by molar-refractivity contribution is 5.96. The standard InChI is InChI=1S/C10H13NO2/c1-11-10(12)8-4-3-5-9(13-2)7-6-8/h4-7H,3H2,1-2H3,(H,11,12). The van der Waals surface area contributed by atoms with Gasteiger partial charge < -0.3 is 10.1 Å². The molecule has 13 heavy (non-hydrogen) atoms. The molecule has 0 fully saturated rings. The monoisotopic (exact) mass is 179 g/mol. The molecule has 0 bridgehead atoms. The van der Waals surface area contributed by atoms with Crippen LogP contribution in [-0.2, 0) is 9.53 Å². The maximum absolute atomic E-state index is 11.2. The molecule has 0 aromatic heterocycles. The molecule has 0 radical (unpaired) electrons. The minimum absolute atomic E-state index is 0.0676. The van der Waals surface area contributed by atoms with Gasteiger partial charge in [-0.15, -0.1) is 0 Å². The second kappa shape index (κ2) is 4.50. The third kappa shape index (κ3) is 2.47. The van der Waals surface area contributed by atoms with Crippen LogP contribution in [0.2, 0.25) is 0 Å². The zero-order valence-electron chi connectivity index (χ0n) is 7.83. The van der Waals surface area contributed by atoms with E-state index in [0.29, 0.717) is 5.57 Å². The summed E-state index contributed by atoms with van der Waals surface area (Å²) in [5.74, 6) is 0.720. The zero-order valence-corrected chi connectivity index (χ0v) is 7.83. The van der Waals surface area contributed by atoms with Crippen molar-refractivity contribution in [1.82, 2.24) is 5.32 Å². The first-order chi connectivity index (χ1) is 6.27. The smallest absolute Gasteiger partial charge is 0.250 e. The Kier molecular flexibility index (Phi) is 3.31. The molecule has 0 heterocycles. The van der Waals surface area contributed by atoms with E-state index in [2.05, 4.69) is 5.32 Å². The molecule has 70 valence electrons. The molecule has 0 aromatic carbocycles. The first-order valence-electron chi connectivity index (χ1n) is 4.12. The van der Waals surface area contributed by atoms with E-state index in [1.54, 1.807) is 26.3 Å². The van der Waals surface area contributed by atoms with Gasteiger partial charge in [0.2, 0.25) is 0 Å². The van der Waals surface area contributed by atoms with E-state index in [-0.39, 0.29) is 5.91 Å². The van der Waals surface area contributed by atoms with Gasteiger partial charge in [0, 0.05) is 12.6 Å². The van der Waals surface area contributed by atoms with E-state index < -0.39 is 0 Å². The highest BCUT2D eigenvalue weighted by atomic mass is 16.5. The fraction of sp³-hybridized carbons (Fsp3) is 0.300. The van der Waals surface area contributed by atoms with Crippen LogP contribution < -0.4 is 5.32 Å².